The first-order chi connectivity index (χ1) is 16.0. The molecule has 4 heterocycles. The van der Waals surface area contributed by atoms with E-state index in [1.54, 1.807) is 0 Å². The largest absolute Gasteiger partial charge is 0.456 e. The molecule has 2 aromatic carbocycles. The number of anilines is 2. The summed E-state index contributed by atoms with van der Waals surface area (Å²) >= 11 is 0. The highest BCUT2D eigenvalue weighted by atomic mass is 16.6. The fourth-order valence-electron chi connectivity index (χ4n) is 4.75. The quantitative estimate of drug-likeness (QED) is 0.421. The highest BCUT2D eigenvalue weighted by Crippen LogP contribution is 2.44. The van der Waals surface area contributed by atoms with Crippen molar-refractivity contribution in [3.63, 3.8) is 0 Å². The zero-order chi connectivity index (χ0) is 22.7. The topological polar surface area (TPSA) is 111 Å². The molecule has 0 aromatic heterocycles. The molecule has 0 radical (unpaired) electrons. The highest BCUT2D eigenvalue weighted by molar-refractivity contribution is 5.68. The van der Waals surface area contributed by atoms with Gasteiger partial charge in [-0.2, -0.15) is 0 Å². The van der Waals surface area contributed by atoms with Gasteiger partial charge < -0.3 is 35.2 Å². The van der Waals surface area contributed by atoms with Crippen molar-refractivity contribution >= 4 is 11.4 Å². The van der Waals surface area contributed by atoms with Gasteiger partial charge in [0.05, 0.1) is 50.8 Å². The van der Waals surface area contributed by atoms with Crippen molar-refractivity contribution < 1.29 is 23.7 Å². The molecule has 7 nitrogen and oxygen atoms in total. The van der Waals surface area contributed by atoms with Crippen LogP contribution in [0.25, 0.3) is 0 Å². The smallest absolute Gasteiger partial charge is 0.135 e. The Morgan fingerprint density at radius 2 is 1.18 bits per heavy atom. The third-order valence-corrected chi connectivity index (χ3v) is 7.22. The molecule has 4 saturated heterocycles. The van der Waals surface area contributed by atoms with Gasteiger partial charge in [-0.05, 0) is 42.7 Å². The molecule has 4 aliphatic heterocycles. The summed E-state index contributed by atoms with van der Waals surface area (Å²) in [5, 5.41) is 0. The average molecular weight is 453 g/mol. The summed E-state index contributed by atoms with van der Waals surface area (Å²) in [6.07, 6.45) is 4.25. The minimum absolute atomic E-state index is 0.228. The summed E-state index contributed by atoms with van der Waals surface area (Å²) < 4.78 is 29.1. The lowest BCUT2D eigenvalue weighted by atomic mass is 9.87. The van der Waals surface area contributed by atoms with Crippen molar-refractivity contribution in [2.75, 3.05) is 37.9 Å². The molecule has 7 heteroatoms. The molecule has 176 valence electrons. The van der Waals surface area contributed by atoms with Gasteiger partial charge in [-0.1, -0.05) is 0 Å². The lowest BCUT2D eigenvalue weighted by Gasteiger charge is -2.24. The van der Waals surface area contributed by atoms with Crippen LogP contribution < -0.4 is 16.2 Å². The molecule has 2 aromatic rings. The molecule has 6 rings (SSSR count). The minimum atomic E-state index is 0.228. The molecule has 4 N–H and O–H groups in total. The average Bonchev–Trinajstić information content (AvgIpc) is 3.62. The fourth-order valence-corrected chi connectivity index (χ4v) is 4.75. The van der Waals surface area contributed by atoms with Crippen LogP contribution in [0.2, 0.25) is 0 Å². The first-order valence-electron chi connectivity index (χ1n) is 11.9. The molecule has 4 fully saturated rings. The molecule has 4 unspecified atom stereocenters. The Hall–Kier alpha value is -2.32. The van der Waals surface area contributed by atoms with E-state index in [0.717, 1.165) is 91.7 Å². The number of epoxide rings is 4. The molecule has 0 spiro atoms. The molecule has 0 saturated carbocycles. The van der Waals surface area contributed by atoms with Crippen LogP contribution in [0.1, 0.15) is 33.4 Å². The molecular weight excluding hydrogens is 420 g/mol. The number of benzene rings is 2. The zero-order valence-corrected chi connectivity index (χ0v) is 19.3. The summed E-state index contributed by atoms with van der Waals surface area (Å²) in [6, 6.07) is 3.89. The first-order valence-corrected chi connectivity index (χ1v) is 11.9. The maximum atomic E-state index is 6.76. The fraction of sp³-hybridized carbons (Fsp3) is 0.538. The van der Waals surface area contributed by atoms with Crippen molar-refractivity contribution in [2.45, 2.75) is 63.9 Å². The van der Waals surface area contributed by atoms with E-state index in [4.69, 9.17) is 35.2 Å². The molecular formula is C26H32N2O5. The van der Waals surface area contributed by atoms with E-state index in [0.29, 0.717) is 0 Å². The van der Waals surface area contributed by atoms with Gasteiger partial charge in [0.15, 0.2) is 0 Å². The predicted molar refractivity (Wildman–Crippen MR) is 125 cm³/mol. The number of nitrogens with two attached hydrogens (primary N) is 2. The van der Waals surface area contributed by atoms with Gasteiger partial charge in [-0.15, -0.1) is 0 Å². The Labute approximate surface area is 194 Å². The summed E-state index contributed by atoms with van der Waals surface area (Å²) in [6.45, 7) is 7.28. The van der Waals surface area contributed by atoms with E-state index in [1.807, 2.05) is 12.1 Å². The summed E-state index contributed by atoms with van der Waals surface area (Å²) in [4.78, 5) is 0. The maximum absolute atomic E-state index is 6.76. The number of rotatable bonds is 10. The lowest BCUT2D eigenvalue weighted by molar-refractivity contribution is 0.392. The third-order valence-electron chi connectivity index (χ3n) is 7.22. The van der Waals surface area contributed by atoms with Gasteiger partial charge >= 0.3 is 0 Å². The van der Waals surface area contributed by atoms with Gasteiger partial charge in [0.25, 0.3) is 0 Å². The van der Waals surface area contributed by atoms with E-state index in [1.165, 1.54) is 16.7 Å². The molecule has 4 aliphatic rings. The maximum Gasteiger partial charge on any atom is 0.135 e. The molecule has 0 amide bonds. The molecule has 0 aliphatic carbocycles. The molecule has 33 heavy (non-hydrogen) atoms. The molecule has 4 atom stereocenters. The third kappa shape index (κ3) is 4.55. The van der Waals surface area contributed by atoms with Gasteiger partial charge in [-0.25, -0.2) is 0 Å². The second kappa shape index (κ2) is 8.17. The van der Waals surface area contributed by atoms with E-state index in [9.17, 15) is 0 Å². The second-order valence-corrected chi connectivity index (χ2v) is 9.80. The van der Waals surface area contributed by atoms with Crippen molar-refractivity contribution in [3.05, 3.63) is 45.5 Å². The Bertz CT molecular complexity index is 1090. The number of nitrogen functional groups attached to an aromatic ring is 2. The van der Waals surface area contributed by atoms with Crippen LogP contribution in [-0.2, 0) is 44.6 Å². The van der Waals surface area contributed by atoms with Crippen LogP contribution in [0, 0.1) is 13.8 Å². The number of ether oxygens (including phenoxy) is 5. The zero-order valence-electron chi connectivity index (χ0n) is 19.3. The van der Waals surface area contributed by atoms with Gasteiger partial charge in [0, 0.05) is 53.7 Å². The number of hydrogen-bond donors (Lipinski definition) is 2. The monoisotopic (exact) mass is 452 g/mol. The number of hydrogen-bond acceptors (Lipinski definition) is 7. The van der Waals surface area contributed by atoms with E-state index in [2.05, 4.69) is 13.8 Å². The van der Waals surface area contributed by atoms with Crippen LogP contribution in [0.4, 0.5) is 11.4 Å². The normalized spacial score (nSPS) is 26.8. The van der Waals surface area contributed by atoms with Crippen LogP contribution in [0.5, 0.6) is 11.5 Å². The Morgan fingerprint density at radius 1 is 0.697 bits per heavy atom. The van der Waals surface area contributed by atoms with Crippen molar-refractivity contribution in [3.8, 4) is 11.5 Å². The Kier molecular flexibility index (Phi) is 5.25. The minimum Gasteiger partial charge on any atom is -0.456 e. The van der Waals surface area contributed by atoms with Gasteiger partial charge in [0.2, 0.25) is 0 Å². The highest BCUT2D eigenvalue weighted by Gasteiger charge is 2.35. The van der Waals surface area contributed by atoms with E-state index < -0.39 is 0 Å². The SMILES string of the molecule is Cc1c(N)ccc(Oc2c(C)c(N)c(CC3CO3)c(CC3CO3)c2CC2CO2)c1CC1CO1. The van der Waals surface area contributed by atoms with Crippen molar-refractivity contribution in [1.29, 1.82) is 0 Å². The van der Waals surface area contributed by atoms with Crippen LogP contribution >= 0.6 is 0 Å². The van der Waals surface area contributed by atoms with Crippen molar-refractivity contribution in [1.82, 2.24) is 0 Å². The van der Waals surface area contributed by atoms with E-state index in [-0.39, 0.29) is 24.4 Å². The van der Waals surface area contributed by atoms with Crippen LogP contribution in [-0.4, -0.2) is 50.8 Å². The summed E-state index contributed by atoms with van der Waals surface area (Å²) in [7, 11) is 0. The Morgan fingerprint density at radius 3 is 1.73 bits per heavy atom. The van der Waals surface area contributed by atoms with Crippen molar-refractivity contribution in [2.24, 2.45) is 0 Å². The van der Waals surface area contributed by atoms with Crippen LogP contribution in [0.3, 0.4) is 0 Å². The van der Waals surface area contributed by atoms with E-state index >= 15 is 0 Å². The predicted octanol–water partition coefficient (Wildman–Crippen LogP) is 3.03. The molecule has 0 bridgehead atoms. The van der Waals surface area contributed by atoms with Crippen LogP contribution in [0.15, 0.2) is 12.1 Å². The first kappa shape index (κ1) is 21.2. The van der Waals surface area contributed by atoms with Gasteiger partial charge in [-0.3, -0.25) is 0 Å². The Balaban J connectivity index is 1.45. The summed E-state index contributed by atoms with van der Waals surface area (Å²) in [5.41, 5.74) is 21.3. The lowest BCUT2D eigenvalue weighted by Crippen LogP contribution is -2.15. The standard InChI is InChI=1S/C26H32N2O5/c1-13-19(5-15-9-29-15)24(4-3-23(13)27)33-26-14(2)25(28)21(7-17-11-31-17)20(6-16-10-30-16)22(26)8-18-12-32-18/h3-4,15-18H,5-12,27-28H2,1-2H3. The van der Waals surface area contributed by atoms with Gasteiger partial charge in [0.1, 0.15) is 11.5 Å². The summed E-state index contributed by atoms with van der Waals surface area (Å²) in [5.74, 6) is 1.67. The second-order valence-electron chi connectivity index (χ2n) is 9.80.